The zero-order valence-corrected chi connectivity index (χ0v) is 11.6. The molecule has 0 bridgehead atoms. The van der Waals surface area contributed by atoms with Crippen LogP contribution in [-0.4, -0.2) is 22.6 Å². The Labute approximate surface area is 117 Å². The van der Waals surface area contributed by atoms with Crippen molar-refractivity contribution >= 4 is 12.0 Å². The van der Waals surface area contributed by atoms with Gasteiger partial charge in [-0.1, -0.05) is 12.1 Å². The summed E-state index contributed by atoms with van der Waals surface area (Å²) in [5, 5.41) is 14.0. The maximum atomic E-state index is 12.7. The van der Waals surface area contributed by atoms with Crippen LogP contribution < -0.4 is 10.6 Å². The van der Waals surface area contributed by atoms with Crippen LogP contribution >= 0.6 is 0 Å². The SMILES string of the molecule is CC(C)(CCC(=O)O)NC(=O)NCc1ccc(F)cc1. The summed E-state index contributed by atoms with van der Waals surface area (Å²) in [6.07, 6.45) is 0.331. The number of hydrogen-bond acceptors (Lipinski definition) is 2. The molecule has 0 unspecified atom stereocenters. The van der Waals surface area contributed by atoms with Crippen LogP contribution in [0.4, 0.5) is 9.18 Å². The highest BCUT2D eigenvalue weighted by atomic mass is 19.1. The Bertz CT molecular complexity index is 472. The van der Waals surface area contributed by atoms with Gasteiger partial charge in [-0.2, -0.15) is 0 Å². The fraction of sp³-hybridized carbons (Fsp3) is 0.429. The van der Waals surface area contributed by atoms with Gasteiger partial charge in [-0.05, 0) is 38.0 Å². The number of hydrogen-bond donors (Lipinski definition) is 3. The molecule has 3 N–H and O–H groups in total. The summed E-state index contributed by atoms with van der Waals surface area (Å²) in [4.78, 5) is 22.2. The van der Waals surface area contributed by atoms with Crippen LogP contribution in [0.2, 0.25) is 0 Å². The first kappa shape index (κ1) is 15.9. The number of benzene rings is 1. The Balaban J connectivity index is 2.39. The third-order valence-electron chi connectivity index (χ3n) is 2.78. The molecule has 0 aromatic heterocycles. The minimum atomic E-state index is -0.897. The second-order valence-corrected chi connectivity index (χ2v) is 5.21. The van der Waals surface area contributed by atoms with Gasteiger partial charge in [0.25, 0.3) is 0 Å². The van der Waals surface area contributed by atoms with E-state index in [0.717, 1.165) is 5.56 Å². The van der Waals surface area contributed by atoms with Gasteiger partial charge in [-0.15, -0.1) is 0 Å². The molecule has 0 fully saturated rings. The van der Waals surface area contributed by atoms with Crippen molar-refractivity contribution in [2.24, 2.45) is 0 Å². The lowest BCUT2D eigenvalue weighted by atomic mass is 9.99. The zero-order valence-electron chi connectivity index (χ0n) is 11.6. The lowest BCUT2D eigenvalue weighted by molar-refractivity contribution is -0.137. The van der Waals surface area contributed by atoms with Crippen molar-refractivity contribution in [3.8, 4) is 0 Å². The van der Waals surface area contributed by atoms with Crippen LogP contribution in [-0.2, 0) is 11.3 Å². The average Bonchev–Trinajstić information content (AvgIpc) is 2.35. The summed E-state index contributed by atoms with van der Waals surface area (Å²) in [5.74, 6) is -1.22. The molecule has 110 valence electrons. The van der Waals surface area contributed by atoms with Crippen molar-refractivity contribution in [3.63, 3.8) is 0 Å². The molecule has 1 aromatic carbocycles. The van der Waals surface area contributed by atoms with E-state index in [9.17, 15) is 14.0 Å². The summed E-state index contributed by atoms with van der Waals surface area (Å²) in [6.45, 7) is 3.79. The third-order valence-corrected chi connectivity index (χ3v) is 2.78. The number of carboxylic acids is 1. The Morgan fingerprint density at radius 1 is 1.25 bits per heavy atom. The van der Waals surface area contributed by atoms with Crippen LogP contribution in [0, 0.1) is 5.82 Å². The molecule has 0 radical (unpaired) electrons. The first-order valence-electron chi connectivity index (χ1n) is 6.31. The molecule has 20 heavy (non-hydrogen) atoms. The van der Waals surface area contributed by atoms with Crippen molar-refractivity contribution in [2.75, 3.05) is 0 Å². The minimum Gasteiger partial charge on any atom is -0.481 e. The van der Waals surface area contributed by atoms with Gasteiger partial charge in [0.2, 0.25) is 0 Å². The van der Waals surface area contributed by atoms with Crippen LogP contribution in [0.3, 0.4) is 0 Å². The molecule has 1 aromatic rings. The van der Waals surface area contributed by atoms with E-state index in [1.54, 1.807) is 26.0 Å². The van der Waals surface area contributed by atoms with Gasteiger partial charge in [0.15, 0.2) is 0 Å². The topological polar surface area (TPSA) is 78.4 Å². The highest BCUT2D eigenvalue weighted by molar-refractivity contribution is 5.75. The molecule has 0 aliphatic carbocycles. The van der Waals surface area contributed by atoms with E-state index in [-0.39, 0.29) is 24.8 Å². The van der Waals surface area contributed by atoms with E-state index in [1.807, 2.05) is 0 Å². The van der Waals surface area contributed by atoms with Crippen LogP contribution in [0.15, 0.2) is 24.3 Å². The summed E-state index contributed by atoms with van der Waals surface area (Å²) < 4.78 is 12.7. The molecule has 1 rings (SSSR count). The second kappa shape index (κ2) is 6.88. The Hall–Kier alpha value is -2.11. The standard InChI is InChI=1S/C14H19FN2O3/c1-14(2,8-7-12(18)19)17-13(20)16-9-10-3-5-11(15)6-4-10/h3-6H,7-9H2,1-2H3,(H,18,19)(H2,16,17,20). The molecule has 0 saturated carbocycles. The fourth-order valence-electron chi connectivity index (χ4n) is 1.62. The molecule has 0 atom stereocenters. The number of carbonyl (C=O) groups is 2. The van der Waals surface area contributed by atoms with Gasteiger partial charge in [0.05, 0.1) is 0 Å². The number of carboxylic acid groups (broad SMARTS) is 1. The smallest absolute Gasteiger partial charge is 0.315 e. The van der Waals surface area contributed by atoms with Gasteiger partial charge >= 0.3 is 12.0 Å². The molecule has 0 aliphatic heterocycles. The quantitative estimate of drug-likeness (QED) is 0.749. The van der Waals surface area contributed by atoms with Crippen LogP contribution in [0.5, 0.6) is 0 Å². The molecule has 5 nitrogen and oxygen atoms in total. The molecule has 0 saturated heterocycles. The summed E-state index contributed by atoms with van der Waals surface area (Å²) in [7, 11) is 0. The molecule has 6 heteroatoms. The molecule has 2 amide bonds. The molecule has 0 aliphatic rings. The van der Waals surface area contributed by atoms with Gasteiger partial charge in [-0.3, -0.25) is 4.79 Å². The number of halogens is 1. The van der Waals surface area contributed by atoms with Gasteiger partial charge in [0.1, 0.15) is 5.82 Å². The van der Waals surface area contributed by atoms with Gasteiger partial charge in [0, 0.05) is 18.5 Å². The number of nitrogens with one attached hydrogen (secondary N) is 2. The van der Waals surface area contributed by atoms with Crippen molar-refractivity contribution in [2.45, 2.75) is 38.8 Å². The second-order valence-electron chi connectivity index (χ2n) is 5.21. The van der Waals surface area contributed by atoms with E-state index >= 15 is 0 Å². The van der Waals surface area contributed by atoms with E-state index in [4.69, 9.17) is 5.11 Å². The predicted octanol–water partition coefficient (Wildman–Crippen LogP) is 2.27. The first-order valence-corrected chi connectivity index (χ1v) is 6.31. The highest BCUT2D eigenvalue weighted by Gasteiger charge is 2.21. The largest absolute Gasteiger partial charge is 0.481 e. The maximum absolute atomic E-state index is 12.7. The zero-order chi connectivity index (χ0) is 15.2. The lowest BCUT2D eigenvalue weighted by Crippen LogP contribution is -2.48. The molecule has 0 heterocycles. The average molecular weight is 282 g/mol. The Morgan fingerprint density at radius 2 is 1.85 bits per heavy atom. The van der Waals surface area contributed by atoms with Crippen molar-refractivity contribution < 1.29 is 19.1 Å². The van der Waals surface area contributed by atoms with Crippen molar-refractivity contribution in [1.82, 2.24) is 10.6 Å². The monoisotopic (exact) mass is 282 g/mol. The normalized spacial score (nSPS) is 10.9. The van der Waals surface area contributed by atoms with E-state index in [0.29, 0.717) is 6.42 Å². The maximum Gasteiger partial charge on any atom is 0.315 e. The summed E-state index contributed by atoms with van der Waals surface area (Å²) in [5.41, 5.74) is 0.176. The number of aliphatic carboxylic acids is 1. The number of carbonyl (C=O) groups excluding carboxylic acids is 1. The van der Waals surface area contributed by atoms with E-state index in [2.05, 4.69) is 10.6 Å². The minimum absolute atomic E-state index is 0.00869. The van der Waals surface area contributed by atoms with Crippen LogP contribution in [0.1, 0.15) is 32.3 Å². The Kier molecular flexibility index (Phi) is 5.49. The highest BCUT2D eigenvalue weighted by Crippen LogP contribution is 2.11. The lowest BCUT2D eigenvalue weighted by Gasteiger charge is -2.25. The fourth-order valence-corrected chi connectivity index (χ4v) is 1.62. The summed E-state index contributed by atoms with van der Waals surface area (Å²) in [6, 6.07) is 5.44. The van der Waals surface area contributed by atoms with Gasteiger partial charge in [-0.25, -0.2) is 9.18 Å². The summed E-state index contributed by atoms with van der Waals surface area (Å²) >= 11 is 0. The molecular weight excluding hydrogens is 263 g/mol. The third kappa shape index (κ3) is 6.17. The number of urea groups is 1. The number of rotatable bonds is 6. The van der Waals surface area contributed by atoms with Crippen LogP contribution in [0.25, 0.3) is 0 Å². The van der Waals surface area contributed by atoms with Gasteiger partial charge < -0.3 is 15.7 Å². The first-order chi connectivity index (χ1) is 9.28. The number of amides is 2. The predicted molar refractivity (Wildman–Crippen MR) is 72.7 cm³/mol. The van der Waals surface area contributed by atoms with Crippen molar-refractivity contribution in [1.29, 1.82) is 0 Å². The van der Waals surface area contributed by atoms with Crippen molar-refractivity contribution in [3.05, 3.63) is 35.6 Å². The molecular formula is C14H19FN2O3. The Morgan fingerprint density at radius 3 is 2.40 bits per heavy atom. The van der Waals surface area contributed by atoms with E-state index < -0.39 is 11.5 Å². The van der Waals surface area contributed by atoms with E-state index in [1.165, 1.54) is 12.1 Å². The molecule has 0 spiro atoms.